The van der Waals surface area contributed by atoms with Gasteiger partial charge in [-0.05, 0) is 67.1 Å². The molecular weight excluding hydrogens is 262 g/mol. The van der Waals surface area contributed by atoms with Crippen LogP contribution in [0, 0.1) is 23.7 Å². The van der Waals surface area contributed by atoms with Crippen LogP contribution < -0.4 is 5.32 Å². The van der Waals surface area contributed by atoms with Crippen LogP contribution in [0.5, 0.6) is 0 Å². The number of nitrogens with one attached hydrogen (secondary N) is 1. The molecule has 4 rings (SSSR count). The summed E-state index contributed by atoms with van der Waals surface area (Å²) < 4.78 is 0. The van der Waals surface area contributed by atoms with Crippen molar-refractivity contribution in [1.82, 2.24) is 5.32 Å². The molecule has 3 saturated carbocycles. The van der Waals surface area contributed by atoms with E-state index in [1.807, 2.05) is 12.1 Å². The molecule has 3 aliphatic rings. The lowest BCUT2D eigenvalue weighted by molar-refractivity contribution is 0.0697. The van der Waals surface area contributed by atoms with Crippen LogP contribution in [-0.4, -0.2) is 17.1 Å². The Bertz CT molecular complexity index is 539. The smallest absolute Gasteiger partial charge is 0.335 e. The van der Waals surface area contributed by atoms with E-state index in [1.165, 1.54) is 37.7 Å². The summed E-state index contributed by atoms with van der Waals surface area (Å²) in [6, 6.07) is 7.96. The SMILES string of the molecule is O=C(O)c1ccc(CNC2CC3CC2C2CCCC32)cc1. The van der Waals surface area contributed by atoms with Crippen LogP contribution in [0.25, 0.3) is 0 Å². The average Bonchev–Trinajstić information content (AvgIpc) is 3.17. The van der Waals surface area contributed by atoms with E-state index in [4.69, 9.17) is 5.11 Å². The van der Waals surface area contributed by atoms with Crippen LogP contribution in [0.2, 0.25) is 0 Å². The second kappa shape index (κ2) is 5.13. The van der Waals surface area contributed by atoms with E-state index in [9.17, 15) is 4.79 Å². The van der Waals surface area contributed by atoms with Crippen LogP contribution in [0.3, 0.4) is 0 Å². The molecule has 0 spiro atoms. The van der Waals surface area contributed by atoms with Crippen molar-refractivity contribution in [3.63, 3.8) is 0 Å². The first-order valence-electron chi connectivity index (χ1n) is 8.28. The van der Waals surface area contributed by atoms with E-state index in [1.54, 1.807) is 12.1 Å². The Kier molecular flexibility index (Phi) is 3.26. The van der Waals surface area contributed by atoms with Crippen molar-refractivity contribution >= 4 is 5.97 Å². The molecule has 3 fully saturated rings. The molecule has 3 nitrogen and oxygen atoms in total. The molecule has 0 radical (unpaired) electrons. The molecule has 2 bridgehead atoms. The predicted molar refractivity (Wildman–Crippen MR) is 81.1 cm³/mol. The number of carboxylic acids is 1. The Labute approximate surface area is 125 Å². The molecule has 1 aromatic rings. The van der Waals surface area contributed by atoms with E-state index in [0.717, 1.165) is 30.2 Å². The van der Waals surface area contributed by atoms with E-state index in [2.05, 4.69) is 5.32 Å². The van der Waals surface area contributed by atoms with Gasteiger partial charge in [-0.1, -0.05) is 18.6 Å². The van der Waals surface area contributed by atoms with Gasteiger partial charge in [0.2, 0.25) is 0 Å². The minimum absolute atomic E-state index is 0.368. The standard InChI is InChI=1S/C18H23NO2/c20-18(21)12-6-4-11(5-7-12)10-19-17-9-13-8-16(17)15-3-1-2-14(13)15/h4-7,13-17,19H,1-3,8-10H2,(H,20,21). The maximum Gasteiger partial charge on any atom is 0.335 e. The van der Waals surface area contributed by atoms with Gasteiger partial charge in [0, 0.05) is 12.6 Å². The van der Waals surface area contributed by atoms with Crippen LogP contribution in [0.15, 0.2) is 24.3 Å². The highest BCUT2D eigenvalue weighted by atomic mass is 16.4. The van der Waals surface area contributed by atoms with Gasteiger partial charge < -0.3 is 10.4 Å². The lowest BCUT2D eigenvalue weighted by Gasteiger charge is -2.32. The number of hydrogen-bond donors (Lipinski definition) is 2. The molecule has 3 aliphatic carbocycles. The third-order valence-corrected chi connectivity index (χ3v) is 6.20. The zero-order valence-electron chi connectivity index (χ0n) is 12.3. The van der Waals surface area contributed by atoms with Gasteiger partial charge >= 0.3 is 5.97 Å². The van der Waals surface area contributed by atoms with Crippen molar-refractivity contribution in [2.45, 2.75) is 44.7 Å². The molecule has 21 heavy (non-hydrogen) atoms. The van der Waals surface area contributed by atoms with Crippen molar-refractivity contribution in [2.75, 3.05) is 0 Å². The highest BCUT2D eigenvalue weighted by Crippen LogP contribution is 2.58. The van der Waals surface area contributed by atoms with Crippen molar-refractivity contribution < 1.29 is 9.90 Å². The van der Waals surface area contributed by atoms with E-state index in [0.29, 0.717) is 11.6 Å². The number of carbonyl (C=O) groups is 1. The molecule has 0 amide bonds. The molecule has 5 atom stereocenters. The van der Waals surface area contributed by atoms with Gasteiger partial charge in [-0.15, -0.1) is 0 Å². The molecule has 2 N–H and O–H groups in total. The fourth-order valence-corrected chi connectivity index (χ4v) is 5.32. The van der Waals surface area contributed by atoms with Gasteiger partial charge in [0.15, 0.2) is 0 Å². The normalized spacial score (nSPS) is 36.9. The van der Waals surface area contributed by atoms with Gasteiger partial charge in [-0.25, -0.2) is 4.79 Å². The number of carboxylic acid groups (broad SMARTS) is 1. The summed E-state index contributed by atoms with van der Waals surface area (Å²) in [4.78, 5) is 10.9. The van der Waals surface area contributed by atoms with Gasteiger partial charge in [0.05, 0.1) is 5.56 Å². The maximum absolute atomic E-state index is 10.9. The van der Waals surface area contributed by atoms with Gasteiger partial charge in [-0.2, -0.15) is 0 Å². The molecule has 1 aromatic carbocycles. The Hall–Kier alpha value is -1.35. The van der Waals surface area contributed by atoms with E-state index in [-0.39, 0.29) is 0 Å². The first kappa shape index (κ1) is 13.3. The van der Waals surface area contributed by atoms with Gasteiger partial charge in [0.1, 0.15) is 0 Å². The number of hydrogen-bond acceptors (Lipinski definition) is 2. The summed E-state index contributed by atoms with van der Waals surface area (Å²) in [5.74, 6) is 3.07. The van der Waals surface area contributed by atoms with Crippen LogP contribution >= 0.6 is 0 Å². The summed E-state index contributed by atoms with van der Waals surface area (Å²) in [6.07, 6.45) is 7.20. The highest BCUT2D eigenvalue weighted by molar-refractivity contribution is 5.87. The first-order chi connectivity index (χ1) is 10.2. The summed E-state index contributed by atoms with van der Waals surface area (Å²) in [5.41, 5.74) is 1.55. The van der Waals surface area contributed by atoms with Gasteiger partial charge in [-0.3, -0.25) is 0 Å². The number of rotatable bonds is 4. The van der Waals surface area contributed by atoms with Crippen molar-refractivity contribution in [2.24, 2.45) is 23.7 Å². The molecule has 0 heterocycles. The molecule has 0 aliphatic heterocycles. The van der Waals surface area contributed by atoms with Crippen LogP contribution in [0.4, 0.5) is 0 Å². The summed E-state index contributed by atoms with van der Waals surface area (Å²) in [7, 11) is 0. The predicted octanol–water partition coefficient (Wildman–Crippen LogP) is 3.30. The Morgan fingerprint density at radius 1 is 1.10 bits per heavy atom. The van der Waals surface area contributed by atoms with Crippen LogP contribution in [-0.2, 0) is 6.54 Å². The monoisotopic (exact) mass is 285 g/mol. The summed E-state index contributed by atoms with van der Waals surface area (Å²) in [5, 5.41) is 12.7. The lowest BCUT2D eigenvalue weighted by Crippen LogP contribution is -2.38. The van der Waals surface area contributed by atoms with Crippen molar-refractivity contribution in [3.8, 4) is 0 Å². The fraction of sp³-hybridized carbons (Fsp3) is 0.611. The summed E-state index contributed by atoms with van der Waals surface area (Å²) in [6.45, 7) is 0.866. The topological polar surface area (TPSA) is 49.3 Å². The van der Waals surface area contributed by atoms with E-state index < -0.39 is 5.97 Å². The quantitative estimate of drug-likeness (QED) is 0.892. The Morgan fingerprint density at radius 2 is 1.86 bits per heavy atom. The third kappa shape index (κ3) is 2.28. The lowest BCUT2D eigenvalue weighted by atomic mass is 9.79. The van der Waals surface area contributed by atoms with Gasteiger partial charge in [0.25, 0.3) is 0 Å². The minimum atomic E-state index is -0.852. The van der Waals surface area contributed by atoms with E-state index >= 15 is 0 Å². The largest absolute Gasteiger partial charge is 0.478 e. The second-order valence-electron chi connectivity index (χ2n) is 7.14. The molecule has 5 unspecified atom stereocenters. The zero-order valence-corrected chi connectivity index (χ0v) is 12.3. The van der Waals surface area contributed by atoms with Crippen molar-refractivity contribution in [3.05, 3.63) is 35.4 Å². The Balaban J connectivity index is 1.36. The molecule has 0 saturated heterocycles. The number of aromatic carboxylic acids is 1. The fourth-order valence-electron chi connectivity index (χ4n) is 5.32. The summed E-state index contributed by atoms with van der Waals surface area (Å²) >= 11 is 0. The second-order valence-corrected chi connectivity index (χ2v) is 7.14. The number of fused-ring (bicyclic) bond motifs is 5. The molecule has 112 valence electrons. The third-order valence-electron chi connectivity index (χ3n) is 6.20. The number of benzene rings is 1. The molecular formula is C18H23NO2. The zero-order chi connectivity index (χ0) is 14.4. The maximum atomic E-state index is 10.9. The molecule has 3 heteroatoms. The Morgan fingerprint density at radius 3 is 2.62 bits per heavy atom. The minimum Gasteiger partial charge on any atom is -0.478 e. The average molecular weight is 285 g/mol. The highest BCUT2D eigenvalue weighted by Gasteiger charge is 2.53. The van der Waals surface area contributed by atoms with Crippen molar-refractivity contribution in [1.29, 1.82) is 0 Å². The first-order valence-corrected chi connectivity index (χ1v) is 8.28. The van der Waals surface area contributed by atoms with Crippen LogP contribution in [0.1, 0.15) is 48.0 Å². The molecule has 0 aromatic heterocycles.